The summed E-state index contributed by atoms with van der Waals surface area (Å²) >= 11 is 0. The number of hydrogen-bond donors (Lipinski definition) is 0. The van der Waals surface area contributed by atoms with Gasteiger partial charge in [-0.05, 0) is 31.4 Å². The summed E-state index contributed by atoms with van der Waals surface area (Å²) in [6.07, 6.45) is -3.69. The summed E-state index contributed by atoms with van der Waals surface area (Å²) in [4.78, 5) is 53.2. The third-order valence-corrected chi connectivity index (χ3v) is 5.65. The second-order valence-corrected chi connectivity index (χ2v) is 7.80. The van der Waals surface area contributed by atoms with Crippen molar-refractivity contribution in [3.8, 4) is 0 Å². The second kappa shape index (κ2) is 7.99. The van der Waals surface area contributed by atoms with E-state index in [0.29, 0.717) is 13.0 Å². The number of halogens is 3. The van der Waals surface area contributed by atoms with E-state index in [1.54, 1.807) is 0 Å². The number of carbonyl (C=O) groups is 3. The first-order chi connectivity index (χ1) is 14.7. The summed E-state index contributed by atoms with van der Waals surface area (Å²) < 4.78 is 48.1. The minimum absolute atomic E-state index is 0.0351. The third-order valence-electron chi connectivity index (χ3n) is 5.65. The van der Waals surface area contributed by atoms with Crippen molar-refractivity contribution in [1.29, 1.82) is 0 Å². The number of Topliss-reactive ketones (excluding diaryl/α,β-unsaturated/α-hetero) is 3. The van der Waals surface area contributed by atoms with Crippen LogP contribution in [-0.4, -0.2) is 39.6 Å². The average Bonchev–Trinajstić information content (AvgIpc) is 3.21. The van der Waals surface area contributed by atoms with Crippen molar-refractivity contribution in [2.24, 2.45) is 5.92 Å². The molecule has 0 radical (unpaired) electrons. The van der Waals surface area contributed by atoms with E-state index in [2.05, 4.69) is 4.98 Å². The highest BCUT2D eigenvalue weighted by atomic mass is 19.4. The van der Waals surface area contributed by atoms with Gasteiger partial charge in [-0.25, -0.2) is 4.98 Å². The van der Waals surface area contributed by atoms with Crippen LogP contribution >= 0.6 is 0 Å². The van der Waals surface area contributed by atoms with Crippen LogP contribution in [0.2, 0.25) is 0 Å². The van der Waals surface area contributed by atoms with E-state index >= 15 is 0 Å². The molecule has 4 rings (SSSR count). The molecule has 1 saturated carbocycles. The lowest BCUT2D eigenvalue weighted by atomic mass is 9.81. The lowest BCUT2D eigenvalue weighted by molar-refractivity contribution is -0.142. The van der Waals surface area contributed by atoms with E-state index in [1.165, 1.54) is 12.1 Å². The summed E-state index contributed by atoms with van der Waals surface area (Å²) in [7, 11) is 0. The van der Waals surface area contributed by atoms with Gasteiger partial charge in [-0.2, -0.15) is 13.2 Å². The summed E-state index contributed by atoms with van der Waals surface area (Å²) in [5.74, 6) is -4.31. The van der Waals surface area contributed by atoms with Gasteiger partial charge in [0.1, 0.15) is 11.6 Å². The van der Waals surface area contributed by atoms with E-state index in [1.807, 2.05) is 0 Å². The molecule has 0 bridgehead atoms. The van der Waals surface area contributed by atoms with Crippen LogP contribution in [0.1, 0.15) is 48.2 Å². The SMILES string of the molecule is O=C1CCCC(=O)C1C(=O)c1cc2ccc(=O)n(CC3CCCO3)c2nc1C(F)(F)F. The van der Waals surface area contributed by atoms with Gasteiger partial charge < -0.3 is 4.74 Å². The van der Waals surface area contributed by atoms with Gasteiger partial charge >= 0.3 is 6.18 Å². The molecule has 0 amide bonds. The molecule has 1 saturated heterocycles. The topological polar surface area (TPSA) is 95.3 Å². The first kappa shape index (κ1) is 21.4. The van der Waals surface area contributed by atoms with Crippen LogP contribution in [0.15, 0.2) is 23.0 Å². The van der Waals surface area contributed by atoms with Gasteiger partial charge in [0.05, 0.1) is 18.2 Å². The minimum atomic E-state index is -5.03. The van der Waals surface area contributed by atoms with Crippen LogP contribution < -0.4 is 5.56 Å². The van der Waals surface area contributed by atoms with Crippen molar-refractivity contribution in [3.05, 3.63) is 39.8 Å². The summed E-state index contributed by atoms with van der Waals surface area (Å²) in [5, 5.41) is 0.129. The zero-order valence-electron chi connectivity index (χ0n) is 16.4. The molecule has 31 heavy (non-hydrogen) atoms. The maximum Gasteiger partial charge on any atom is 0.434 e. The number of ketones is 3. The van der Waals surface area contributed by atoms with Crippen LogP contribution in [0.5, 0.6) is 0 Å². The molecule has 1 aliphatic heterocycles. The molecule has 0 aromatic carbocycles. The Kier molecular flexibility index (Phi) is 5.50. The highest BCUT2D eigenvalue weighted by Crippen LogP contribution is 2.34. The highest BCUT2D eigenvalue weighted by molar-refractivity contribution is 6.25. The Morgan fingerprint density at radius 2 is 1.84 bits per heavy atom. The predicted octanol–water partition coefficient (Wildman–Crippen LogP) is 2.72. The lowest BCUT2D eigenvalue weighted by Crippen LogP contribution is -2.36. The van der Waals surface area contributed by atoms with E-state index in [-0.39, 0.29) is 42.9 Å². The van der Waals surface area contributed by atoms with Crippen LogP contribution in [-0.2, 0) is 27.0 Å². The summed E-state index contributed by atoms with van der Waals surface area (Å²) in [6, 6.07) is 3.42. The Bertz CT molecular complexity index is 1120. The average molecular weight is 436 g/mol. The van der Waals surface area contributed by atoms with Crippen molar-refractivity contribution >= 4 is 28.4 Å². The molecular formula is C21H19F3N2O5. The molecule has 2 aromatic heterocycles. The van der Waals surface area contributed by atoms with Crippen molar-refractivity contribution < 1.29 is 32.3 Å². The zero-order chi connectivity index (χ0) is 22.3. The Labute approximate surface area is 174 Å². The number of carbonyl (C=O) groups excluding carboxylic acids is 3. The smallest absolute Gasteiger partial charge is 0.376 e. The maximum atomic E-state index is 13.8. The van der Waals surface area contributed by atoms with Crippen LogP contribution in [0.25, 0.3) is 11.0 Å². The molecule has 2 fully saturated rings. The standard InChI is InChI=1S/C21H19F3N2O5/c22-21(23,24)19-13(18(30)17-14(27)4-1-5-15(17)28)9-11-6-7-16(29)26(20(11)25-19)10-12-3-2-8-31-12/h6-7,9,12,17H,1-5,8,10H2. The van der Waals surface area contributed by atoms with Crippen LogP contribution in [0, 0.1) is 5.92 Å². The molecule has 2 aliphatic rings. The molecular weight excluding hydrogens is 417 g/mol. The van der Waals surface area contributed by atoms with Gasteiger partial charge in [0.25, 0.3) is 5.56 Å². The number of ether oxygens (including phenoxy) is 1. The molecule has 1 atom stereocenters. The van der Waals surface area contributed by atoms with Gasteiger partial charge in [0, 0.05) is 30.9 Å². The van der Waals surface area contributed by atoms with E-state index in [9.17, 15) is 32.3 Å². The molecule has 3 heterocycles. The van der Waals surface area contributed by atoms with Gasteiger partial charge in [0.15, 0.2) is 23.0 Å². The van der Waals surface area contributed by atoms with Crippen LogP contribution in [0.3, 0.4) is 0 Å². The third kappa shape index (κ3) is 4.04. The van der Waals surface area contributed by atoms with Crippen molar-refractivity contribution in [2.75, 3.05) is 6.61 Å². The molecule has 1 aliphatic carbocycles. The van der Waals surface area contributed by atoms with Crippen molar-refractivity contribution in [1.82, 2.24) is 9.55 Å². The normalized spacial score (nSPS) is 20.5. The minimum Gasteiger partial charge on any atom is -0.376 e. The fourth-order valence-electron chi connectivity index (χ4n) is 4.14. The summed E-state index contributed by atoms with van der Waals surface area (Å²) in [6.45, 7) is 0.543. The van der Waals surface area contributed by atoms with Crippen LogP contribution in [0.4, 0.5) is 13.2 Å². The second-order valence-electron chi connectivity index (χ2n) is 7.80. The zero-order valence-corrected chi connectivity index (χ0v) is 16.4. The molecule has 1 unspecified atom stereocenters. The van der Waals surface area contributed by atoms with E-state index in [4.69, 9.17) is 4.74 Å². The van der Waals surface area contributed by atoms with E-state index < -0.39 is 46.3 Å². The summed E-state index contributed by atoms with van der Waals surface area (Å²) in [5.41, 5.74) is -3.12. The molecule has 164 valence electrons. The van der Waals surface area contributed by atoms with Crippen molar-refractivity contribution in [2.45, 2.75) is 50.9 Å². The molecule has 0 spiro atoms. The Morgan fingerprint density at radius 3 is 2.45 bits per heavy atom. The number of fused-ring (bicyclic) bond motifs is 1. The maximum absolute atomic E-state index is 13.8. The van der Waals surface area contributed by atoms with E-state index in [0.717, 1.165) is 17.1 Å². The monoisotopic (exact) mass is 436 g/mol. The number of hydrogen-bond acceptors (Lipinski definition) is 6. The molecule has 0 N–H and O–H groups in total. The Balaban J connectivity index is 1.87. The predicted molar refractivity (Wildman–Crippen MR) is 102 cm³/mol. The first-order valence-electron chi connectivity index (χ1n) is 10.00. The highest BCUT2D eigenvalue weighted by Gasteiger charge is 2.43. The Morgan fingerprint density at radius 1 is 1.13 bits per heavy atom. The van der Waals surface area contributed by atoms with Crippen molar-refractivity contribution in [3.63, 3.8) is 0 Å². The number of rotatable bonds is 4. The number of alkyl halides is 3. The fourth-order valence-corrected chi connectivity index (χ4v) is 4.14. The van der Waals surface area contributed by atoms with Gasteiger partial charge in [-0.15, -0.1) is 0 Å². The van der Waals surface area contributed by atoms with Gasteiger partial charge in [0.2, 0.25) is 0 Å². The number of aromatic nitrogens is 2. The molecule has 10 heteroatoms. The van der Waals surface area contributed by atoms with Gasteiger partial charge in [-0.1, -0.05) is 0 Å². The first-order valence-corrected chi connectivity index (χ1v) is 10.00. The fraction of sp³-hybridized carbons (Fsp3) is 0.476. The Hall–Kier alpha value is -2.88. The lowest BCUT2D eigenvalue weighted by Gasteiger charge is -2.21. The largest absolute Gasteiger partial charge is 0.434 e. The van der Waals surface area contributed by atoms with Gasteiger partial charge in [-0.3, -0.25) is 23.7 Å². The molecule has 7 nitrogen and oxygen atoms in total. The quantitative estimate of drug-likeness (QED) is 0.540. The molecule has 2 aromatic rings. The number of pyridine rings is 2. The number of nitrogens with zero attached hydrogens (tertiary/aromatic N) is 2.